The summed E-state index contributed by atoms with van der Waals surface area (Å²) in [5.74, 6) is -0.581. The highest BCUT2D eigenvalue weighted by molar-refractivity contribution is 5.88. The normalized spacial score (nSPS) is 24.3. The molecule has 0 unspecified atom stereocenters. The number of hydrogen-bond donors (Lipinski definition) is 0. The molecule has 40 heavy (non-hydrogen) atoms. The van der Waals surface area contributed by atoms with Gasteiger partial charge in [-0.1, -0.05) is 30.3 Å². The molecule has 2 aliphatic heterocycles. The van der Waals surface area contributed by atoms with Crippen molar-refractivity contribution in [2.45, 2.75) is 104 Å². The maximum Gasteiger partial charge on any atom is 0.419 e. The first-order valence-electron chi connectivity index (χ1n) is 13.7. The summed E-state index contributed by atoms with van der Waals surface area (Å²) in [6, 6.07) is 12.0. The number of rotatable bonds is 5. The summed E-state index contributed by atoms with van der Waals surface area (Å²) in [5, 5.41) is 0.839. The van der Waals surface area contributed by atoms with E-state index in [-0.39, 0.29) is 31.0 Å². The van der Waals surface area contributed by atoms with Crippen LogP contribution in [0, 0.1) is 6.92 Å². The molecule has 1 amide bonds. The predicted molar refractivity (Wildman–Crippen MR) is 150 cm³/mol. The number of aromatic nitrogens is 3. The Kier molecular flexibility index (Phi) is 7.19. The molecule has 2 aliphatic rings. The average molecular weight is 553 g/mol. The van der Waals surface area contributed by atoms with Gasteiger partial charge in [0.15, 0.2) is 12.0 Å². The lowest BCUT2D eigenvalue weighted by Crippen LogP contribution is -2.41. The van der Waals surface area contributed by atoms with E-state index in [1.807, 2.05) is 109 Å². The lowest BCUT2D eigenvalue weighted by molar-refractivity contribution is -0.197. The Morgan fingerprint density at radius 3 is 2.33 bits per heavy atom. The Balaban J connectivity index is 1.55. The van der Waals surface area contributed by atoms with E-state index in [0.29, 0.717) is 11.3 Å². The van der Waals surface area contributed by atoms with Gasteiger partial charge in [-0.05, 0) is 73.9 Å². The van der Waals surface area contributed by atoms with Crippen LogP contribution in [0.1, 0.15) is 79.0 Å². The molecule has 2 saturated heterocycles. The molecule has 0 N–H and O–H groups in total. The number of hydrogen-bond acceptors (Lipinski definition) is 8. The van der Waals surface area contributed by atoms with Crippen molar-refractivity contribution < 1.29 is 28.5 Å². The quantitative estimate of drug-likeness (QED) is 0.353. The first-order valence-corrected chi connectivity index (χ1v) is 13.7. The summed E-state index contributed by atoms with van der Waals surface area (Å²) in [6.07, 6.45) is -0.192. The maximum absolute atomic E-state index is 13.3. The molecule has 0 radical (unpaired) electrons. The molecule has 10 nitrogen and oxygen atoms in total. The van der Waals surface area contributed by atoms with Crippen LogP contribution in [0.5, 0.6) is 0 Å². The zero-order valence-corrected chi connectivity index (χ0v) is 24.8. The van der Waals surface area contributed by atoms with Gasteiger partial charge < -0.3 is 28.3 Å². The largest absolute Gasteiger partial charge is 0.443 e. The van der Waals surface area contributed by atoms with Gasteiger partial charge in [-0.15, -0.1) is 0 Å². The van der Waals surface area contributed by atoms with Crippen LogP contribution in [0.2, 0.25) is 0 Å². The Morgan fingerprint density at radius 2 is 1.68 bits per heavy atom. The monoisotopic (exact) mass is 552 g/mol. The Labute approximate surface area is 235 Å². The number of carbonyl (C=O) groups excluding carboxylic acids is 1. The number of carbonyl (C=O) groups is 1. The molecule has 5 rings (SSSR count). The van der Waals surface area contributed by atoms with E-state index in [4.69, 9.17) is 28.7 Å². The average Bonchev–Trinajstić information content (AvgIpc) is 3.48. The van der Waals surface area contributed by atoms with Crippen LogP contribution >= 0.6 is 0 Å². The van der Waals surface area contributed by atoms with Crippen molar-refractivity contribution >= 4 is 23.1 Å². The van der Waals surface area contributed by atoms with Crippen molar-refractivity contribution in [1.29, 1.82) is 0 Å². The van der Waals surface area contributed by atoms with Crippen LogP contribution < -0.4 is 4.90 Å². The molecular weight excluding hydrogens is 512 g/mol. The maximum atomic E-state index is 13.3. The number of ether oxygens (including phenoxy) is 5. The van der Waals surface area contributed by atoms with Crippen molar-refractivity contribution in [3.63, 3.8) is 0 Å². The lowest BCUT2D eigenvalue weighted by atomic mass is 10.0. The molecule has 2 aromatic heterocycles. The van der Waals surface area contributed by atoms with E-state index < -0.39 is 29.3 Å². The fraction of sp³-hybridized carbons (Fsp3) is 0.567. The summed E-state index contributed by atoms with van der Waals surface area (Å²) in [5.41, 5.74) is 1.13. The van der Waals surface area contributed by atoms with Gasteiger partial charge in [-0.2, -0.15) is 4.98 Å². The van der Waals surface area contributed by atoms with Crippen LogP contribution in [0.4, 0.5) is 10.7 Å². The highest BCUT2D eigenvalue weighted by Gasteiger charge is 2.56. The summed E-state index contributed by atoms with van der Waals surface area (Å²) in [7, 11) is 0. The molecule has 0 saturated carbocycles. The smallest absolute Gasteiger partial charge is 0.419 e. The Morgan fingerprint density at radius 1 is 1.00 bits per heavy atom. The predicted octanol–water partition coefficient (Wildman–Crippen LogP) is 6.04. The molecule has 216 valence electrons. The topological polar surface area (TPSA) is 97.2 Å². The third-order valence-corrected chi connectivity index (χ3v) is 6.66. The molecule has 10 heteroatoms. The summed E-state index contributed by atoms with van der Waals surface area (Å²) < 4.78 is 32.9. The third kappa shape index (κ3) is 5.85. The third-order valence-electron chi connectivity index (χ3n) is 6.66. The Hall–Kier alpha value is -3.05. The molecule has 0 spiro atoms. The number of fused-ring (bicyclic) bond motifs is 2. The van der Waals surface area contributed by atoms with Crippen molar-refractivity contribution in [2.75, 3.05) is 11.6 Å². The van der Waals surface area contributed by atoms with Gasteiger partial charge in [-0.3, -0.25) is 0 Å². The van der Waals surface area contributed by atoms with E-state index in [0.717, 1.165) is 10.9 Å². The van der Waals surface area contributed by atoms with E-state index in [1.165, 1.54) is 4.90 Å². The molecule has 3 aromatic rings. The second-order valence-electron chi connectivity index (χ2n) is 12.8. The SMILES string of the molecule is Cc1nc(N(COC(C)(C)C)C(=O)OC(C)(C)C)nc2c1ccn2[C@@H]1O[C@@H](c2ccccc2)[C@H]2OC(C)(C)O[C@H]21. The second kappa shape index (κ2) is 10.1. The zero-order valence-electron chi connectivity index (χ0n) is 24.8. The molecule has 4 atom stereocenters. The highest BCUT2D eigenvalue weighted by Crippen LogP contribution is 2.49. The number of benzene rings is 1. The Bertz CT molecular complexity index is 1370. The number of nitrogens with zero attached hydrogens (tertiary/aromatic N) is 4. The van der Waals surface area contributed by atoms with Crippen LogP contribution in [-0.4, -0.2) is 56.6 Å². The van der Waals surface area contributed by atoms with Gasteiger partial charge in [-0.25, -0.2) is 14.7 Å². The highest BCUT2D eigenvalue weighted by atomic mass is 16.8. The van der Waals surface area contributed by atoms with Gasteiger partial charge in [0.05, 0.1) is 11.3 Å². The van der Waals surface area contributed by atoms with E-state index in [2.05, 4.69) is 4.98 Å². The molecule has 0 aliphatic carbocycles. The van der Waals surface area contributed by atoms with Crippen LogP contribution in [0.25, 0.3) is 11.0 Å². The lowest BCUT2D eigenvalue weighted by Gasteiger charge is -2.29. The van der Waals surface area contributed by atoms with Gasteiger partial charge >= 0.3 is 6.09 Å². The van der Waals surface area contributed by atoms with E-state index >= 15 is 0 Å². The molecule has 2 fully saturated rings. The van der Waals surface area contributed by atoms with Crippen LogP contribution in [-0.2, 0) is 23.7 Å². The van der Waals surface area contributed by atoms with E-state index in [9.17, 15) is 4.79 Å². The first kappa shape index (κ1) is 28.5. The van der Waals surface area contributed by atoms with Gasteiger partial charge in [0.1, 0.15) is 36.3 Å². The number of anilines is 1. The van der Waals surface area contributed by atoms with E-state index in [1.54, 1.807) is 0 Å². The molecule has 1 aromatic carbocycles. The molecular formula is C30H40N4O6. The minimum Gasteiger partial charge on any atom is -0.443 e. The van der Waals surface area contributed by atoms with Crippen molar-refractivity contribution in [1.82, 2.24) is 14.5 Å². The van der Waals surface area contributed by atoms with Crippen LogP contribution in [0.15, 0.2) is 42.6 Å². The minimum atomic E-state index is -0.763. The van der Waals surface area contributed by atoms with Crippen molar-refractivity contribution in [3.05, 3.63) is 53.9 Å². The van der Waals surface area contributed by atoms with Crippen LogP contribution in [0.3, 0.4) is 0 Å². The molecule has 4 heterocycles. The van der Waals surface area contributed by atoms with Crippen molar-refractivity contribution in [3.8, 4) is 0 Å². The zero-order chi connectivity index (χ0) is 29.0. The van der Waals surface area contributed by atoms with Gasteiger partial charge in [0.2, 0.25) is 5.95 Å². The fourth-order valence-corrected chi connectivity index (χ4v) is 4.97. The van der Waals surface area contributed by atoms with Gasteiger partial charge in [0.25, 0.3) is 0 Å². The standard InChI is InChI=1S/C30H40N4O6/c1-18-20-15-16-33(25-23-22(38-30(8,9)39-23)21(37-25)19-13-11-10-12-14-19)24(20)32-26(31-18)34(17-36-28(2,3)4)27(35)40-29(5,6)7/h10-16,21-23,25H,17H2,1-9H3/t21-,22+,23+,25+/m0/s1. The molecule has 0 bridgehead atoms. The van der Waals surface area contributed by atoms with Gasteiger partial charge in [0, 0.05) is 11.6 Å². The second-order valence-corrected chi connectivity index (χ2v) is 12.8. The fourth-order valence-electron chi connectivity index (χ4n) is 4.97. The minimum absolute atomic E-state index is 0.0735. The first-order chi connectivity index (χ1) is 18.6. The summed E-state index contributed by atoms with van der Waals surface area (Å²) in [6.45, 7) is 16.8. The van der Waals surface area contributed by atoms with Crippen molar-refractivity contribution in [2.24, 2.45) is 0 Å². The summed E-state index contributed by atoms with van der Waals surface area (Å²) in [4.78, 5) is 24.2. The number of amides is 1. The summed E-state index contributed by atoms with van der Waals surface area (Å²) >= 11 is 0. The number of aryl methyl sites for hydroxylation is 1.